The van der Waals surface area contributed by atoms with Crippen molar-refractivity contribution in [3.8, 4) is 5.75 Å². The molecule has 1 aliphatic rings. The quantitative estimate of drug-likeness (QED) is 0.307. The number of fused-ring (bicyclic) bond motifs is 1. The molecule has 0 aliphatic heterocycles. The number of aliphatic carboxylic acids is 1. The zero-order valence-electron chi connectivity index (χ0n) is 19.2. The summed E-state index contributed by atoms with van der Waals surface area (Å²) in [6.07, 6.45) is 3.65. The number of ether oxygens (including phenoxy) is 1. The Balaban J connectivity index is 1.19. The summed E-state index contributed by atoms with van der Waals surface area (Å²) < 4.78 is 7.13. The highest BCUT2D eigenvalue weighted by molar-refractivity contribution is 7.19. The largest absolute Gasteiger partial charge is 0.490 e. The molecule has 1 aliphatic carbocycles. The number of benzene rings is 2. The average molecular weight is 480 g/mol. The summed E-state index contributed by atoms with van der Waals surface area (Å²) in [6, 6.07) is 14.9. The van der Waals surface area contributed by atoms with Crippen molar-refractivity contribution in [2.75, 3.05) is 6.54 Å². The molecular formula is C27H29NO5S. The number of rotatable bonds is 9. The number of nitrogens with one attached hydrogen (secondary N) is 1. The van der Waals surface area contributed by atoms with Gasteiger partial charge in [-0.1, -0.05) is 0 Å². The molecule has 0 spiro atoms. The van der Waals surface area contributed by atoms with E-state index in [4.69, 9.17) is 9.84 Å². The third-order valence-electron chi connectivity index (χ3n) is 6.27. The van der Waals surface area contributed by atoms with Crippen LogP contribution in [0.2, 0.25) is 0 Å². The van der Waals surface area contributed by atoms with Crippen LogP contribution in [0.3, 0.4) is 0 Å². The molecule has 1 fully saturated rings. The molecule has 0 radical (unpaired) electrons. The summed E-state index contributed by atoms with van der Waals surface area (Å²) >= 11 is 1.71. The molecule has 34 heavy (non-hydrogen) atoms. The van der Waals surface area contributed by atoms with E-state index in [0.717, 1.165) is 18.2 Å². The molecule has 1 amide bonds. The number of thiophene rings is 1. The van der Waals surface area contributed by atoms with E-state index in [1.165, 1.54) is 9.58 Å². The number of carbonyl (C=O) groups excluding carboxylic acids is 2. The second kappa shape index (κ2) is 10.8. The first kappa shape index (κ1) is 24.0. The molecule has 1 saturated carbocycles. The standard InChI is InChI=1S/C27H29NO5S/c1-17-15-21-16-20(8-13-25(21)34-17)26(30)28-14-2-3-24(29)18-4-9-22(10-5-18)33-23-11-6-19(7-12-23)27(31)32/h4-5,8-10,13,15-16,19,23H,2-3,6-7,11-12,14H2,1H3,(H,28,30)(H,31,32). The summed E-state index contributed by atoms with van der Waals surface area (Å²) in [5.74, 6) is -0.398. The Morgan fingerprint density at radius 1 is 1.00 bits per heavy atom. The first-order valence-corrected chi connectivity index (χ1v) is 12.5. The highest BCUT2D eigenvalue weighted by Gasteiger charge is 2.26. The SMILES string of the molecule is Cc1cc2cc(C(=O)NCCCC(=O)c3ccc(OC4CCC(C(=O)O)CC4)cc3)ccc2s1. The summed E-state index contributed by atoms with van der Waals surface area (Å²) in [7, 11) is 0. The van der Waals surface area contributed by atoms with E-state index in [1.807, 2.05) is 18.2 Å². The highest BCUT2D eigenvalue weighted by Crippen LogP contribution is 2.28. The molecule has 0 bridgehead atoms. The van der Waals surface area contributed by atoms with Gasteiger partial charge >= 0.3 is 5.97 Å². The fourth-order valence-corrected chi connectivity index (χ4v) is 5.26. The molecule has 0 saturated heterocycles. The predicted octanol–water partition coefficient (Wildman–Crippen LogP) is 5.62. The number of amides is 1. The van der Waals surface area contributed by atoms with Crippen molar-refractivity contribution in [3.63, 3.8) is 0 Å². The second-order valence-electron chi connectivity index (χ2n) is 8.85. The maximum absolute atomic E-state index is 12.5. The number of hydrogen-bond donors (Lipinski definition) is 2. The van der Waals surface area contributed by atoms with Gasteiger partial charge in [0.05, 0.1) is 12.0 Å². The molecule has 2 aromatic carbocycles. The average Bonchev–Trinajstić information content (AvgIpc) is 3.21. The molecular weight excluding hydrogens is 450 g/mol. The summed E-state index contributed by atoms with van der Waals surface area (Å²) in [6.45, 7) is 2.49. The zero-order valence-corrected chi connectivity index (χ0v) is 20.0. The molecule has 2 N–H and O–H groups in total. The van der Waals surface area contributed by atoms with Crippen LogP contribution in [0.25, 0.3) is 10.1 Å². The molecule has 0 atom stereocenters. The lowest BCUT2D eigenvalue weighted by molar-refractivity contribution is -0.143. The van der Waals surface area contributed by atoms with Crippen LogP contribution in [-0.4, -0.2) is 35.4 Å². The van der Waals surface area contributed by atoms with Gasteiger partial charge in [0.1, 0.15) is 5.75 Å². The molecule has 1 heterocycles. The minimum atomic E-state index is -0.726. The highest BCUT2D eigenvalue weighted by atomic mass is 32.1. The van der Waals surface area contributed by atoms with E-state index >= 15 is 0 Å². The smallest absolute Gasteiger partial charge is 0.306 e. The summed E-state index contributed by atoms with van der Waals surface area (Å²) in [5.41, 5.74) is 1.25. The van der Waals surface area contributed by atoms with Gasteiger partial charge in [-0.05, 0) is 92.9 Å². The lowest BCUT2D eigenvalue weighted by atomic mass is 9.87. The Hall–Kier alpha value is -3.19. The van der Waals surface area contributed by atoms with E-state index in [1.54, 1.807) is 35.6 Å². The van der Waals surface area contributed by atoms with Crippen LogP contribution in [-0.2, 0) is 4.79 Å². The van der Waals surface area contributed by atoms with Crippen molar-refractivity contribution in [2.24, 2.45) is 5.92 Å². The third kappa shape index (κ3) is 6.03. The van der Waals surface area contributed by atoms with Crippen molar-refractivity contribution in [1.82, 2.24) is 5.32 Å². The Bertz CT molecular complexity index is 1180. The third-order valence-corrected chi connectivity index (χ3v) is 7.30. The van der Waals surface area contributed by atoms with Gasteiger partial charge in [-0.15, -0.1) is 11.3 Å². The topological polar surface area (TPSA) is 92.7 Å². The van der Waals surface area contributed by atoms with Crippen LogP contribution in [0.4, 0.5) is 0 Å². The maximum atomic E-state index is 12.5. The van der Waals surface area contributed by atoms with Crippen molar-refractivity contribution < 1.29 is 24.2 Å². The van der Waals surface area contributed by atoms with Gasteiger partial charge in [0, 0.05) is 33.7 Å². The van der Waals surface area contributed by atoms with Gasteiger partial charge in [-0.2, -0.15) is 0 Å². The van der Waals surface area contributed by atoms with Crippen molar-refractivity contribution in [1.29, 1.82) is 0 Å². The van der Waals surface area contributed by atoms with Crippen LogP contribution >= 0.6 is 11.3 Å². The Kier molecular flexibility index (Phi) is 7.63. The van der Waals surface area contributed by atoms with Gasteiger partial charge in [0.25, 0.3) is 5.91 Å². The molecule has 4 rings (SSSR count). The molecule has 7 heteroatoms. The predicted molar refractivity (Wildman–Crippen MR) is 133 cm³/mol. The zero-order chi connectivity index (χ0) is 24.1. The van der Waals surface area contributed by atoms with E-state index < -0.39 is 5.97 Å². The van der Waals surface area contributed by atoms with E-state index in [0.29, 0.717) is 49.1 Å². The lowest BCUT2D eigenvalue weighted by Gasteiger charge is -2.26. The number of hydrogen-bond acceptors (Lipinski definition) is 5. The Morgan fingerprint density at radius 3 is 2.41 bits per heavy atom. The fraction of sp³-hybridized carbons (Fsp3) is 0.370. The Morgan fingerprint density at radius 2 is 1.71 bits per heavy atom. The first-order valence-electron chi connectivity index (χ1n) is 11.7. The maximum Gasteiger partial charge on any atom is 0.306 e. The number of carbonyl (C=O) groups is 3. The number of carboxylic acids is 1. The molecule has 178 valence electrons. The number of Topliss-reactive ketones (excluding diaryl/α,β-unsaturated/α-hetero) is 1. The number of carboxylic acid groups (broad SMARTS) is 1. The van der Waals surface area contributed by atoms with Gasteiger partial charge in [0.2, 0.25) is 0 Å². The van der Waals surface area contributed by atoms with Crippen LogP contribution in [0.1, 0.15) is 64.1 Å². The van der Waals surface area contributed by atoms with Crippen molar-refractivity contribution >= 4 is 39.1 Å². The second-order valence-corrected chi connectivity index (χ2v) is 10.1. The Labute approximate surface area is 202 Å². The van der Waals surface area contributed by atoms with Crippen molar-refractivity contribution in [2.45, 2.75) is 51.6 Å². The van der Waals surface area contributed by atoms with Crippen LogP contribution in [0.5, 0.6) is 5.75 Å². The fourth-order valence-electron chi connectivity index (χ4n) is 4.35. The molecule has 6 nitrogen and oxygen atoms in total. The van der Waals surface area contributed by atoms with E-state index in [9.17, 15) is 14.4 Å². The monoisotopic (exact) mass is 479 g/mol. The summed E-state index contributed by atoms with van der Waals surface area (Å²) in [4.78, 5) is 37.2. The van der Waals surface area contributed by atoms with Crippen LogP contribution < -0.4 is 10.1 Å². The van der Waals surface area contributed by atoms with Gasteiger partial charge < -0.3 is 15.2 Å². The van der Waals surface area contributed by atoms with E-state index in [2.05, 4.69) is 18.3 Å². The van der Waals surface area contributed by atoms with Crippen LogP contribution in [0.15, 0.2) is 48.5 Å². The van der Waals surface area contributed by atoms with Crippen LogP contribution in [0, 0.1) is 12.8 Å². The van der Waals surface area contributed by atoms with E-state index in [-0.39, 0.29) is 23.7 Å². The minimum absolute atomic E-state index is 0.0187. The van der Waals surface area contributed by atoms with Gasteiger partial charge in [0.15, 0.2) is 5.78 Å². The minimum Gasteiger partial charge on any atom is -0.490 e. The van der Waals surface area contributed by atoms with Gasteiger partial charge in [-0.3, -0.25) is 14.4 Å². The molecule has 3 aromatic rings. The normalized spacial score (nSPS) is 17.9. The summed E-state index contributed by atoms with van der Waals surface area (Å²) in [5, 5.41) is 13.1. The van der Waals surface area contributed by atoms with Crippen molar-refractivity contribution in [3.05, 3.63) is 64.5 Å². The van der Waals surface area contributed by atoms with Gasteiger partial charge in [-0.25, -0.2) is 0 Å². The lowest BCUT2D eigenvalue weighted by Crippen LogP contribution is -2.27. The first-order chi connectivity index (χ1) is 16.4. The number of aryl methyl sites for hydroxylation is 1. The number of ketones is 1. The molecule has 0 unspecified atom stereocenters. The molecule has 1 aromatic heterocycles.